The quantitative estimate of drug-likeness (QED) is 0.874. The molecule has 0 aromatic carbocycles. The lowest BCUT2D eigenvalue weighted by Crippen LogP contribution is -2.53. The molecule has 1 N–H and O–H groups in total. The second kappa shape index (κ2) is 8.17. The second-order valence-electron chi connectivity index (χ2n) is 8.60. The van der Waals surface area contributed by atoms with E-state index < -0.39 is 0 Å². The van der Waals surface area contributed by atoms with Crippen LogP contribution in [0.2, 0.25) is 0 Å². The normalized spacial score (nSPS) is 28.6. The average Bonchev–Trinajstić information content (AvgIpc) is 3.07. The summed E-state index contributed by atoms with van der Waals surface area (Å²) in [7, 11) is 0. The van der Waals surface area contributed by atoms with Crippen LogP contribution in [0, 0.1) is 12.8 Å². The molecule has 3 fully saturated rings. The number of carbonyl (C=O) groups excluding carboxylic acids is 1. The van der Waals surface area contributed by atoms with Crippen LogP contribution >= 0.6 is 0 Å². The minimum atomic E-state index is -0.0926. The van der Waals surface area contributed by atoms with Gasteiger partial charge in [0, 0.05) is 25.2 Å². The Morgan fingerprint density at radius 2 is 2.00 bits per heavy atom. The molecule has 1 saturated carbocycles. The summed E-state index contributed by atoms with van der Waals surface area (Å²) in [4.78, 5) is 22.0. The maximum absolute atomic E-state index is 13.0. The lowest BCUT2D eigenvalue weighted by atomic mass is 9.85. The standard InChI is InChI=1S/C20H33N5O2/c1-14(16-7-6-11-24(13-16)17-8-5-9-17)21-20(26)25-12-4-3-10-18(25)19-22-15(2)23-27-19/h14,16-18H,3-13H2,1-2H3,(H,21,26). The SMILES string of the molecule is Cc1noc(C2CCCCN2C(=O)NC(C)C2CCCN(C3CCC3)C2)n1. The third-order valence-electron chi connectivity index (χ3n) is 6.73. The molecule has 27 heavy (non-hydrogen) atoms. The predicted molar refractivity (Wildman–Crippen MR) is 102 cm³/mol. The van der Waals surface area contributed by atoms with E-state index in [1.807, 2.05) is 11.8 Å². The molecule has 4 rings (SSSR count). The third kappa shape index (κ3) is 4.13. The van der Waals surface area contributed by atoms with Gasteiger partial charge in [0.05, 0.1) is 0 Å². The van der Waals surface area contributed by atoms with Gasteiger partial charge in [-0.05, 0) is 71.3 Å². The molecule has 2 aliphatic heterocycles. The van der Waals surface area contributed by atoms with Crippen LogP contribution in [-0.2, 0) is 0 Å². The lowest BCUT2D eigenvalue weighted by Gasteiger charge is -2.44. The maximum Gasteiger partial charge on any atom is 0.318 e. The van der Waals surface area contributed by atoms with Crippen molar-refractivity contribution in [3.05, 3.63) is 11.7 Å². The van der Waals surface area contributed by atoms with E-state index in [0.29, 0.717) is 17.6 Å². The van der Waals surface area contributed by atoms with Crippen molar-refractivity contribution in [1.82, 2.24) is 25.3 Å². The number of rotatable bonds is 4. The zero-order valence-corrected chi connectivity index (χ0v) is 16.7. The highest BCUT2D eigenvalue weighted by atomic mass is 16.5. The summed E-state index contributed by atoms with van der Waals surface area (Å²) in [6.45, 7) is 7.09. The van der Waals surface area contributed by atoms with Gasteiger partial charge in [0.2, 0.25) is 5.89 Å². The van der Waals surface area contributed by atoms with E-state index in [1.165, 1.54) is 38.6 Å². The monoisotopic (exact) mass is 375 g/mol. The van der Waals surface area contributed by atoms with Gasteiger partial charge in [-0.2, -0.15) is 4.98 Å². The Kier molecular flexibility index (Phi) is 5.66. The predicted octanol–water partition coefficient (Wildman–Crippen LogP) is 3.27. The van der Waals surface area contributed by atoms with Crippen molar-refractivity contribution in [3.8, 4) is 0 Å². The summed E-state index contributed by atoms with van der Waals surface area (Å²) in [5.41, 5.74) is 0. The number of urea groups is 1. The first-order valence-electron chi connectivity index (χ1n) is 10.7. The van der Waals surface area contributed by atoms with E-state index in [1.54, 1.807) is 0 Å². The van der Waals surface area contributed by atoms with Crippen LogP contribution < -0.4 is 5.32 Å². The first-order chi connectivity index (χ1) is 13.1. The summed E-state index contributed by atoms with van der Waals surface area (Å²) in [6, 6.07) is 0.907. The maximum atomic E-state index is 13.0. The summed E-state index contributed by atoms with van der Waals surface area (Å²) >= 11 is 0. The van der Waals surface area contributed by atoms with Crippen LogP contribution in [-0.4, -0.2) is 57.7 Å². The van der Waals surface area contributed by atoms with Crippen molar-refractivity contribution in [3.63, 3.8) is 0 Å². The molecular formula is C20H33N5O2. The fraction of sp³-hybridized carbons (Fsp3) is 0.850. The first-order valence-corrected chi connectivity index (χ1v) is 10.7. The van der Waals surface area contributed by atoms with E-state index in [-0.39, 0.29) is 18.1 Å². The fourth-order valence-electron chi connectivity index (χ4n) is 4.81. The van der Waals surface area contributed by atoms with Gasteiger partial charge in [0.25, 0.3) is 0 Å². The van der Waals surface area contributed by atoms with E-state index in [2.05, 4.69) is 27.3 Å². The van der Waals surface area contributed by atoms with Gasteiger partial charge in [-0.15, -0.1) is 0 Å². The number of nitrogens with zero attached hydrogens (tertiary/aromatic N) is 4. The van der Waals surface area contributed by atoms with Gasteiger partial charge >= 0.3 is 6.03 Å². The van der Waals surface area contributed by atoms with E-state index in [9.17, 15) is 4.79 Å². The van der Waals surface area contributed by atoms with Crippen LogP contribution in [0.15, 0.2) is 4.52 Å². The van der Waals surface area contributed by atoms with Gasteiger partial charge < -0.3 is 19.6 Å². The minimum Gasteiger partial charge on any atom is -0.337 e. The van der Waals surface area contributed by atoms with E-state index >= 15 is 0 Å². The van der Waals surface area contributed by atoms with Crippen molar-refractivity contribution in [2.75, 3.05) is 19.6 Å². The lowest BCUT2D eigenvalue weighted by molar-refractivity contribution is 0.0653. The van der Waals surface area contributed by atoms with Crippen LogP contribution in [0.1, 0.15) is 76.0 Å². The van der Waals surface area contributed by atoms with Crippen LogP contribution in [0.5, 0.6) is 0 Å². The molecule has 1 aliphatic carbocycles. The number of hydrogen-bond donors (Lipinski definition) is 1. The van der Waals surface area contributed by atoms with Gasteiger partial charge in [-0.25, -0.2) is 4.79 Å². The Hall–Kier alpha value is -1.63. The average molecular weight is 376 g/mol. The highest BCUT2D eigenvalue weighted by Gasteiger charge is 2.35. The van der Waals surface area contributed by atoms with Crippen molar-refractivity contribution >= 4 is 6.03 Å². The molecule has 3 atom stereocenters. The van der Waals surface area contributed by atoms with E-state index in [0.717, 1.165) is 38.4 Å². The Morgan fingerprint density at radius 3 is 2.70 bits per heavy atom. The molecule has 3 aliphatic rings. The molecule has 3 heterocycles. The highest BCUT2D eigenvalue weighted by molar-refractivity contribution is 5.75. The molecule has 1 aromatic heterocycles. The zero-order valence-electron chi connectivity index (χ0n) is 16.7. The number of hydrogen-bond acceptors (Lipinski definition) is 5. The molecule has 150 valence electrons. The molecule has 1 aromatic rings. The van der Waals surface area contributed by atoms with Crippen molar-refractivity contribution in [2.24, 2.45) is 5.92 Å². The van der Waals surface area contributed by atoms with Crippen LogP contribution in [0.25, 0.3) is 0 Å². The smallest absolute Gasteiger partial charge is 0.318 e. The van der Waals surface area contributed by atoms with Gasteiger partial charge in [-0.1, -0.05) is 11.6 Å². The highest BCUT2D eigenvalue weighted by Crippen LogP contribution is 2.32. The van der Waals surface area contributed by atoms with Gasteiger partial charge in [0.1, 0.15) is 6.04 Å². The molecule has 2 amide bonds. The number of likely N-dealkylation sites (tertiary alicyclic amines) is 2. The summed E-state index contributed by atoms with van der Waals surface area (Å²) < 4.78 is 5.38. The first kappa shape index (κ1) is 18.7. The number of nitrogens with one attached hydrogen (secondary N) is 1. The number of aryl methyl sites for hydroxylation is 1. The Morgan fingerprint density at radius 1 is 1.15 bits per heavy atom. The summed E-state index contributed by atoms with van der Waals surface area (Å²) in [5.74, 6) is 1.74. The van der Waals surface area contributed by atoms with Crippen molar-refractivity contribution in [1.29, 1.82) is 0 Å². The number of amides is 2. The number of aromatic nitrogens is 2. The molecule has 0 spiro atoms. The van der Waals surface area contributed by atoms with Crippen LogP contribution in [0.3, 0.4) is 0 Å². The molecule has 3 unspecified atom stereocenters. The second-order valence-corrected chi connectivity index (χ2v) is 8.60. The fourth-order valence-corrected chi connectivity index (χ4v) is 4.81. The van der Waals surface area contributed by atoms with Gasteiger partial charge in [0.15, 0.2) is 5.82 Å². The summed E-state index contributed by atoms with van der Waals surface area (Å²) in [5, 5.41) is 7.20. The third-order valence-corrected chi connectivity index (χ3v) is 6.73. The molecule has 7 heteroatoms. The molecule has 7 nitrogen and oxygen atoms in total. The Bertz CT molecular complexity index is 644. The Labute approximate surface area is 161 Å². The van der Waals surface area contributed by atoms with Crippen molar-refractivity contribution in [2.45, 2.75) is 83.3 Å². The Balaban J connectivity index is 1.36. The number of piperidine rings is 2. The van der Waals surface area contributed by atoms with Crippen LogP contribution in [0.4, 0.5) is 4.79 Å². The molecular weight excluding hydrogens is 342 g/mol. The van der Waals surface area contributed by atoms with Gasteiger partial charge in [-0.3, -0.25) is 0 Å². The molecule has 0 radical (unpaired) electrons. The zero-order chi connectivity index (χ0) is 18.8. The number of carbonyl (C=O) groups is 1. The van der Waals surface area contributed by atoms with E-state index in [4.69, 9.17) is 4.52 Å². The largest absolute Gasteiger partial charge is 0.337 e. The molecule has 2 saturated heterocycles. The minimum absolute atomic E-state index is 0.0174. The van der Waals surface area contributed by atoms with Crippen molar-refractivity contribution < 1.29 is 9.32 Å². The summed E-state index contributed by atoms with van der Waals surface area (Å²) in [6.07, 6.45) is 9.55. The topological polar surface area (TPSA) is 74.5 Å². The molecule has 0 bridgehead atoms.